The van der Waals surface area contributed by atoms with Gasteiger partial charge in [-0.1, -0.05) is 23.7 Å². The molecule has 7 nitrogen and oxygen atoms in total. The molecule has 27 heavy (non-hydrogen) atoms. The van der Waals surface area contributed by atoms with E-state index in [-0.39, 0.29) is 18.2 Å². The molecule has 0 bridgehead atoms. The fourth-order valence-electron chi connectivity index (χ4n) is 3.32. The minimum Gasteiger partial charge on any atom is -0.481 e. The zero-order valence-electron chi connectivity index (χ0n) is 15.0. The monoisotopic (exact) mass is 391 g/mol. The summed E-state index contributed by atoms with van der Waals surface area (Å²) in [4.78, 5) is 24.1. The first-order chi connectivity index (χ1) is 13.0. The molecule has 0 aliphatic carbocycles. The maximum Gasteiger partial charge on any atom is 0.308 e. The van der Waals surface area contributed by atoms with Gasteiger partial charge in [0.05, 0.1) is 16.6 Å². The summed E-state index contributed by atoms with van der Waals surface area (Å²) in [7, 11) is 0. The molecular weight excluding hydrogens is 370 g/mol. The van der Waals surface area contributed by atoms with E-state index in [2.05, 4.69) is 10.4 Å². The maximum atomic E-state index is 12.5. The number of hydrogen-bond donors (Lipinski definition) is 2. The van der Waals surface area contributed by atoms with E-state index in [0.29, 0.717) is 36.8 Å². The first-order valence-electron chi connectivity index (χ1n) is 8.87. The van der Waals surface area contributed by atoms with Gasteiger partial charge in [-0.25, -0.2) is 4.68 Å². The summed E-state index contributed by atoms with van der Waals surface area (Å²) in [6.45, 7) is 3.01. The standard InChI is InChI=1S/C19H22ClN3O4/c1-12-10-16(22-23(12)17-5-3-2-4-15(17)20)18(24)21-11-14(19(25)26)13-6-8-27-9-7-13/h2-5,10,13-14H,6-9,11H2,1H3,(H,21,24)(H,25,26). The Morgan fingerprint density at radius 3 is 2.74 bits per heavy atom. The Kier molecular flexibility index (Phi) is 6.13. The summed E-state index contributed by atoms with van der Waals surface area (Å²) in [5, 5.41) is 17.1. The number of carbonyl (C=O) groups excluding carboxylic acids is 1. The summed E-state index contributed by atoms with van der Waals surface area (Å²) >= 11 is 6.21. The van der Waals surface area contributed by atoms with Crippen LogP contribution in [0.1, 0.15) is 29.0 Å². The highest BCUT2D eigenvalue weighted by atomic mass is 35.5. The van der Waals surface area contributed by atoms with Crippen LogP contribution in [0.3, 0.4) is 0 Å². The van der Waals surface area contributed by atoms with E-state index in [4.69, 9.17) is 16.3 Å². The third kappa shape index (κ3) is 4.48. The summed E-state index contributed by atoms with van der Waals surface area (Å²) in [5.74, 6) is -1.94. The second kappa shape index (κ2) is 8.54. The molecule has 1 saturated heterocycles. The molecule has 0 radical (unpaired) electrons. The molecule has 1 aromatic heterocycles. The predicted octanol–water partition coefficient (Wildman–Crippen LogP) is 2.69. The Bertz CT molecular complexity index is 830. The number of carboxylic acid groups (broad SMARTS) is 1. The number of carbonyl (C=O) groups is 2. The smallest absolute Gasteiger partial charge is 0.308 e. The average Bonchev–Trinajstić information content (AvgIpc) is 3.04. The average molecular weight is 392 g/mol. The van der Waals surface area contributed by atoms with E-state index in [1.54, 1.807) is 16.8 Å². The molecule has 0 spiro atoms. The lowest BCUT2D eigenvalue weighted by Gasteiger charge is -2.27. The van der Waals surface area contributed by atoms with E-state index in [1.807, 2.05) is 25.1 Å². The van der Waals surface area contributed by atoms with Crippen LogP contribution in [0.4, 0.5) is 0 Å². The van der Waals surface area contributed by atoms with Crippen LogP contribution < -0.4 is 5.32 Å². The van der Waals surface area contributed by atoms with Crippen LogP contribution in [0.5, 0.6) is 0 Å². The summed E-state index contributed by atoms with van der Waals surface area (Å²) < 4.78 is 6.89. The predicted molar refractivity (Wildman–Crippen MR) is 100 cm³/mol. The van der Waals surface area contributed by atoms with Crippen LogP contribution in [-0.2, 0) is 9.53 Å². The number of hydrogen-bond acceptors (Lipinski definition) is 4. The van der Waals surface area contributed by atoms with Gasteiger partial charge in [0, 0.05) is 25.5 Å². The molecule has 1 amide bonds. The van der Waals surface area contributed by atoms with Crippen molar-refractivity contribution in [2.24, 2.45) is 11.8 Å². The zero-order chi connectivity index (χ0) is 19.4. The van der Waals surface area contributed by atoms with Gasteiger partial charge in [-0.15, -0.1) is 0 Å². The molecule has 2 heterocycles. The molecule has 3 rings (SSSR count). The molecular formula is C19H22ClN3O4. The van der Waals surface area contributed by atoms with Gasteiger partial charge in [-0.2, -0.15) is 5.10 Å². The quantitative estimate of drug-likeness (QED) is 0.789. The molecule has 8 heteroatoms. The van der Waals surface area contributed by atoms with Crippen molar-refractivity contribution in [3.63, 3.8) is 0 Å². The van der Waals surface area contributed by atoms with Crippen molar-refractivity contribution in [2.75, 3.05) is 19.8 Å². The maximum absolute atomic E-state index is 12.5. The number of halogens is 1. The number of aromatic nitrogens is 2. The van der Waals surface area contributed by atoms with Crippen LogP contribution in [0.2, 0.25) is 5.02 Å². The number of aryl methyl sites for hydroxylation is 1. The van der Waals surface area contributed by atoms with Gasteiger partial charge in [0.2, 0.25) is 0 Å². The fraction of sp³-hybridized carbons (Fsp3) is 0.421. The molecule has 1 fully saturated rings. The first-order valence-corrected chi connectivity index (χ1v) is 9.25. The SMILES string of the molecule is Cc1cc(C(=O)NCC(C(=O)O)C2CCOCC2)nn1-c1ccccc1Cl. The molecule has 1 aliphatic rings. The summed E-state index contributed by atoms with van der Waals surface area (Å²) in [5.41, 5.74) is 1.66. The molecule has 2 aromatic rings. The Morgan fingerprint density at radius 1 is 1.37 bits per heavy atom. The second-order valence-electron chi connectivity index (χ2n) is 6.64. The van der Waals surface area contributed by atoms with Gasteiger partial charge in [-0.3, -0.25) is 9.59 Å². The number of benzene rings is 1. The van der Waals surface area contributed by atoms with Crippen molar-refractivity contribution in [1.82, 2.24) is 15.1 Å². The number of ether oxygens (including phenoxy) is 1. The lowest BCUT2D eigenvalue weighted by atomic mass is 9.86. The Balaban J connectivity index is 1.70. The lowest BCUT2D eigenvalue weighted by Crippen LogP contribution is -2.39. The highest BCUT2D eigenvalue weighted by molar-refractivity contribution is 6.32. The summed E-state index contributed by atoms with van der Waals surface area (Å²) in [6.07, 6.45) is 1.38. The third-order valence-corrected chi connectivity index (χ3v) is 5.16. The van der Waals surface area contributed by atoms with Crippen LogP contribution in [0.15, 0.2) is 30.3 Å². The fourth-order valence-corrected chi connectivity index (χ4v) is 3.54. The van der Waals surface area contributed by atoms with E-state index in [9.17, 15) is 14.7 Å². The highest BCUT2D eigenvalue weighted by Gasteiger charge is 2.30. The number of amides is 1. The number of aliphatic carboxylic acids is 1. The molecule has 0 saturated carbocycles. The largest absolute Gasteiger partial charge is 0.481 e. The molecule has 1 aromatic carbocycles. The molecule has 1 unspecified atom stereocenters. The lowest BCUT2D eigenvalue weighted by molar-refractivity contribution is -0.144. The van der Waals surface area contributed by atoms with Crippen molar-refractivity contribution >= 4 is 23.5 Å². The third-order valence-electron chi connectivity index (χ3n) is 4.84. The van der Waals surface area contributed by atoms with Gasteiger partial charge in [-0.05, 0) is 43.9 Å². The van der Waals surface area contributed by atoms with Crippen LogP contribution in [0.25, 0.3) is 5.69 Å². The zero-order valence-corrected chi connectivity index (χ0v) is 15.8. The minimum atomic E-state index is -0.903. The van der Waals surface area contributed by atoms with E-state index in [0.717, 1.165) is 5.69 Å². The van der Waals surface area contributed by atoms with Crippen molar-refractivity contribution in [1.29, 1.82) is 0 Å². The van der Waals surface area contributed by atoms with Crippen molar-refractivity contribution in [3.8, 4) is 5.69 Å². The van der Waals surface area contributed by atoms with Gasteiger partial charge >= 0.3 is 5.97 Å². The Morgan fingerprint density at radius 2 is 2.07 bits per heavy atom. The minimum absolute atomic E-state index is 0.000955. The second-order valence-corrected chi connectivity index (χ2v) is 7.05. The van der Waals surface area contributed by atoms with Gasteiger partial charge in [0.1, 0.15) is 0 Å². The number of nitrogens with zero attached hydrogens (tertiary/aromatic N) is 2. The molecule has 1 atom stereocenters. The molecule has 2 N–H and O–H groups in total. The number of nitrogens with one attached hydrogen (secondary N) is 1. The van der Waals surface area contributed by atoms with Crippen LogP contribution >= 0.6 is 11.6 Å². The van der Waals surface area contributed by atoms with Crippen LogP contribution in [0, 0.1) is 18.8 Å². The van der Waals surface area contributed by atoms with Gasteiger partial charge in [0.25, 0.3) is 5.91 Å². The normalized spacial score (nSPS) is 16.1. The molecule has 144 valence electrons. The number of rotatable bonds is 6. The Labute approximate surface area is 162 Å². The highest BCUT2D eigenvalue weighted by Crippen LogP contribution is 2.24. The van der Waals surface area contributed by atoms with E-state index in [1.165, 1.54) is 0 Å². The van der Waals surface area contributed by atoms with Crippen molar-refractivity contribution in [3.05, 3.63) is 46.7 Å². The first kappa shape index (κ1) is 19.4. The van der Waals surface area contributed by atoms with Gasteiger partial charge in [0.15, 0.2) is 5.69 Å². The van der Waals surface area contributed by atoms with Crippen molar-refractivity contribution < 1.29 is 19.4 Å². The number of para-hydroxylation sites is 1. The van der Waals surface area contributed by atoms with Crippen LogP contribution in [-0.4, -0.2) is 46.5 Å². The Hall–Kier alpha value is -2.38. The number of carboxylic acids is 1. The van der Waals surface area contributed by atoms with E-state index < -0.39 is 17.8 Å². The van der Waals surface area contributed by atoms with E-state index >= 15 is 0 Å². The topological polar surface area (TPSA) is 93.5 Å². The van der Waals surface area contributed by atoms with Gasteiger partial charge < -0.3 is 15.2 Å². The van der Waals surface area contributed by atoms with Crippen molar-refractivity contribution in [2.45, 2.75) is 19.8 Å². The molecule has 1 aliphatic heterocycles. The summed E-state index contributed by atoms with van der Waals surface area (Å²) in [6, 6.07) is 8.88.